The highest BCUT2D eigenvalue weighted by Crippen LogP contribution is 2.33. The number of hydrogen-bond donors (Lipinski definition) is 1. The van der Waals surface area contributed by atoms with Crippen LogP contribution in [0.4, 0.5) is 0 Å². The molecular weight excluding hydrogens is 260 g/mol. The van der Waals surface area contributed by atoms with Crippen molar-refractivity contribution in [2.75, 3.05) is 0 Å². The Kier molecular flexibility index (Phi) is 2.71. The molecule has 0 fully saturated rings. The number of nitrogens with zero attached hydrogens (tertiary/aromatic N) is 3. The number of H-pyrrole nitrogens is 1. The molecule has 0 aliphatic carbocycles. The molecule has 0 radical (unpaired) electrons. The molecule has 0 saturated heterocycles. The van der Waals surface area contributed by atoms with Gasteiger partial charge in [0.25, 0.3) is 0 Å². The van der Waals surface area contributed by atoms with E-state index in [-0.39, 0.29) is 0 Å². The normalized spacial score (nSPS) is 10.9. The van der Waals surface area contributed by atoms with Crippen LogP contribution in [0.15, 0.2) is 67.0 Å². The molecule has 1 heterocycles. The number of aromatic amines is 1. The average molecular weight is 272 g/mol. The van der Waals surface area contributed by atoms with Crippen molar-refractivity contribution < 1.29 is 0 Å². The van der Waals surface area contributed by atoms with Crippen LogP contribution in [0.2, 0.25) is 0 Å². The van der Waals surface area contributed by atoms with E-state index in [0.29, 0.717) is 0 Å². The smallest absolute Gasteiger partial charge is 0.161 e. The summed E-state index contributed by atoms with van der Waals surface area (Å²) in [6.07, 6.45) is 1.33. The van der Waals surface area contributed by atoms with Crippen LogP contribution >= 0.6 is 0 Å². The number of aromatic nitrogens is 4. The molecule has 4 aromatic carbocycles. The summed E-state index contributed by atoms with van der Waals surface area (Å²) in [5.41, 5.74) is 0. The van der Waals surface area contributed by atoms with Crippen LogP contribution in [-0.4, -0.2) is 20.6 Å². The minimum Gasteiger partial charge on any atom is -0.177 e. The fourth-order valence-corrected chi connectivity index (χ4v) is 2.80. The zero-order valence-corrected chi connectivity index (χ0v) is 11.2. The van der Waals surface area contributed by atoms with Gasteiger partial charge in [-0.2, -0.15) is 5.21 Å². The molecule has 0 saturated carbocycles. The molecule has 0 bridgehead atoms. The third-order valence-corrected chi connectivity index (χ3v) is 3.66. The first-order valence-electron chi connectivity index (χ1n) is 6.72. The van der Waals surface area contributed by atoms with E-state index in [4.69, 9.17) is 0 Å². The summed E-state index contributed by atoms with van der Waals surface area (Å²) in [6, 6.07) is 21.9. The first-order valence-corrected chi connectivity index (χ1v) is 6.72. The molecule has 0 unspecified atom stereocenters. The van der Waals surface area contributed by atoms with Crippen LogP contribution in [0.1, 0.15) is 0 Å². The Morgan fingerprint density at radius 1 is 0.619 bits per heavy atom. The highest BCUT2D eigenvalue weighted by Gasteiger charge is 2.05. The van der Waals surface area contributed by atoms with Crippen LogP contribution < -0.4 is 0 Å². The van der Waals surface area contributed by atoms with Crippen molar-refractivity contribution in [1.82, 2.24) is 20.6 Å². The summed E-state index contributed by atoms with van der Waals surface area (Å²) in [7, 11) is 0. The first kappa shape index (κ1) is 11.8. The summed E-state index contributed by atoms with van der Waals surface area (Å²) in [5.74, 6) is 0. The Bertz CT molecular complexity index is 843. The van der Waals surface area contributed by atoms with Crippen molar-refractivity contribution >= 4 is 32.3 Å². The Labute approximate surface area is 120 Å². The lowest BCUT2D eigenvalue weighted by molar-refractivity contribution is 0.881. The van der Waals surface area contributed by atoms with Crippen LogP contribution in [-0.2, 0) is 0 Å². The standard InChI is InChI=1S/C16H10.CH2N4/c1-3-11-7-9-13-5-2-6-14-10-8-12(4-1)15(11)16(13)14;1-2-4-5-3-1/h1-10H;1H,(H,2,3,4,5). The molecule has 5 aromatic rings. The molecule has 5 rings (SSSR count). The maximum atomic E-state index is 3.38. The Balaban J connectivity index is 0.000000197. The van der Waals surface area contributed by atoms with Gasteiger partial charge in [0.2, 0.25) is 0 Å². The molecule has 4 nitrogen and oxygen atoms in total. The maximum absolute atomic E-state index is 3.38. The van der Waals surface area contributed by atoms with Gasteiger partial charge < -0.3 is 0 Å². The topological polar surface area (TPSA) is 54.5 Å². The van der Waals surface area contributed by atoms with Crippen LogP contribution in [0.5, 0.6) is 0 Å². The first-order chi connectivity index (χ1) is 10.4. The quantitative estimate of drug-likeness (QED) is 0.436. The van der Waals surface area contributed by atoms with Gasteiger partial charge in [-0.3, -0.25) is 0 Å². The fraction of sp³-hybridized carbons (Fsp3) is 0. The number of hydrogen-bond acceptors (Lipinski definition) is 3. The molecule has 100 valence electrons. The van der Waals surface area contributed by atoms with E-state index in [1.165, 1.54) is 38.6 Å². The second-order valence-electron chi connectivity index (χ2n) is 4.85. The lowest BCUT2D eigenvalue weighted by atomic mass is 9.95. The lowest BCUT2D eigenvalue weighted by Crippen LogP contribution is -1.82. The van der Waals surface area contributed by atoms with Gasteiger partial charge >= 0.3 is 0 Å². The maximum Gasteiger partial charge on any atom is 0.161 e. The van der Waals surface area contributed by atoms with Crippen LogP contribution in [0.25, 0.3) is 32.3 Å². The minimum atomic E-state index is 1.33. The van der Waals surface area contributed by atoms with Gasteiger partial charge in [-0.25, -0.2) is 0 Å². The zero-order valence-electron chi connectivity index (χ0n) is 11.2. The monoisotopic (exact) mass is 272 g/mol. The van der Waals surface area contributed by atoms with E-state index in [2.05, 4.69) is 81.3 Å². The molecule has 0 atom stereocenters. The Morgan fingerprint density at radius 3 is 1.38 bits per heavy atom. The Hall–Kier alpha value is -3.01. The summed E-state index contributed by atoms with van der Waals surface area (Å²) in [5, 5.41) is 20.3. The molecular formula is C17H12N4. The minimum absolute atomic E-state index is 1.33. The van der Waals surface area contributed by atoms with Crippen molar-refractivity contribution in [1.29, 1.82) is 0 Å². The molecule has 21 heavy (non-hydrogen) atoms. The predicted octanol–water partition coefficient (Wildman–Crippen LogP) is 3.78. The summed E-state index contributed by atoms with van der Waals surface area (Å²) < 4.78 is 0. The Morgan fingerprint density at radius 2 is 1.10 bits per heavy atom. The molecule has 4 heteroatoms. The average Bonchev–Trinajstić information content (AvgIpc) is 3.13. The van der Waals surface area contributed by atoms with Crippen molar-refractivity contribution in [2.24, 2.45) is 0 Å². The van der Waals surface area contributed by atoms with Crippen molar-refractivity contribution in [3.05, 3.63) is 67.0 Å². The molecule has 0 spiro atoms. The fourth-order valence-electron chi connectivity index (χ4n) is 2.80. The number of benzene rings is 4. The zero-order chi connectivity index (χ0) is 14.1. The largest absolute Gasteiger partial charge is 0.177 e. The van der Waals surface area contributed by atoms with Gasteiger partial charge in [-0.1, -0.05) is 65.9 Å². The third kappa shape index (κ3) is 1.97. The van der Waals surface area contributed by atoms with Gasteiger partial charge in [0, 0.05) is 0 Å². The summed E-state index contributed by atoms with van der Waals surface area (Å²) in [4.78, 5) is 0. The number of rotatable bonds is 0. The van der Waals surface area contributed by atoms with Crippen molar-refractivity contribution in [2.45, 2.75) is 0 Å². The van der Waals surface area contributed by atoms with Gasteiger partial charge in [-0.05, 0) is 32.3 Å². The second-order valence-corrected chi connectivity index (χ2v) is 4.85. The lowest BCUT2D eigenvalue weighted by Gasteiger charge is -2.09. The van der Waals surface area contributed by atoms with Crippen molar-refractivity contribution in [3.63, 3.8) is 0 Å². The van der Waals surface area contributed by atoms with E-state index in [0.717, 1.165) is 0 Å². The SMILES string of the molecule is c1cc2ccc3cccc4ccc(c1)c2c34.c1nn[nH]n1. The molecule has 0 aliphatic rings. The molecule has 1 aromatic heterocycles. The van der Waals surface area contributed by atoms with Crippen molar-refractivity contribution in [3.8, 4) is 0 Å². The number of tetrazole rings is 1. The van der Waals surface area contributed by atoms with Gasteiger partial charge in [0.1, 0.15) is 0 Å². The van der Waals surface area contributed by atoms with E-state index in [9.17, 15) is 0 Å². The van der Waals surface area contributed by atoms with E-state index in [1.807, 2.05) is 0 Å². The third-order valence-electron chi connectivity index (χ3n) is 3.66. The second kappa shape index (κ2) is 4.83. The van der Waals surface area contributed by atoms with Gasteiger partial charge in [-0.15, -0.1) is 10.2 Å². The highest BCUT2D eigenvalue weighted by atomic mass is 15.5. The van der Waals surface area contributed by atoms with Gasteiger partial charge in [0.15, 0.2) is 6.33 Å². The van der Waals surface area contributed by atoms with Crippen LogP contribution in [0, 0.1) is 0 Å². The number of nitrogens with one attached hydrogen (secondary N) is 1. The van der Waals surface area contributed by atoms with E-state index < -0.39 is 0 Å². The van der Waals surface area contributed by atoms with Crippen LogP contribution in [0.3, 0.4) is 0 Å². The molecule has 0 aliphatic heterocycles. The van der Waals surface area contributed by atoms with E-state index >= 15 is 0 Å². The molecule has 0 amide bonds. The summed E-state index contributed by atoms with van der Waals surface area (Å²) >= 11 is 0. The summed E-state index contributed by atoms with van der Waals surface area (Å²) in [6.45, 7) is 0. The molecule has 1 N–H and O–H groups in total. The van der Waals surface area contributed by atoms with Gasteiger partial charge in [0.05, 0.1) is 0 Å². The highest BCUT2D eigenvalue weighted by molar-refractivity contribution is 6.22. The van der Waals surface area contributed by atoms with E-state index in [1.54, 1.807) is 0 Å². The predicted molar refractivity (Wildman–Crippen MR) is 84.3 cm³/mol.